The van der Waals surface area contributed by atoms with E-state index in [1.165, 1.54) is 16.4 Å². The summed E-state index contributed by atoms with van der Waals surface area (Å²) in [7, 11) is 0. The molecule has 0 radical (unpaired) electrons. The van der Waals surface area contributed by atoms with Gasteiger partial charge in [-0.25, -0.2) is 0 Å². The fraction of sp³-hybridized carbons (Fsp3) is 0.444. The smallest absolute Gasteiger partial charge is 0.307 e. The first-order chi connectivity index (χ1) is 11.8. The highest BCUT2D eigenvalue weighted by Crippen LogP contribution is 2.24. The Balaban J connectivity index is 2.07. The summed E-state index contributed by atoms with van der Waals surface area (Å²) >= 11 is 0. The minimum absolute atomic E-state index is 0.0544. The molecule has 2 aromatic rings. The molecule has 134 valence electrons. The van der Waals surface area contributed by atoms with E-state index in [4.69, 9.17) is 0 Å². The number of benzene rings is 1. The van der Waals surface area contributed by atoms with E-state index in [1.54, 1.807) is 0 Å². The minimum atomic E-state index is -0.533. The number of carbonyl (C=O) groups is 1. The van der Waals surface area contributed by atoms with E-state index in [0.29, 0.717) is 5.92 Å². The van der Waals surface area contributed by atoms with E-state index in [2.05, 4.69) is 36.4 Å². The van der Waals surface area contributed by atoms with E-state index < -0.39 is 4.92 Å². The maximum atomic E-state index is 12.3. The maximum Gasteiger partial charge on any atom is 0.307 e. The molecule has 7 nitrogen and oxygen atoms in total. The molecule has 1 aromatic heterocycles. The number of nitrogens with zero attached hydrogens (tertiary/aromatic N) is 3. The molecule has 2 rings (SSSR count). The molecule has 7 heteroatoms. The highest BCUT2D eigenvalue weighted by atomic mass is 16.6. The number of rotatable bonds is 7. The van der Waals surface area contributed by atoms with Gasteiger partial charge in [0.15, 0.2) is 0 Å². The van der Waals surface area contributed by atoms with Crippen LogP contribution >= 0.6 is 0 Å². The molecule has 0 fully saturated rings. The van der Waals surface area contributed by atoms with Crippen LogP contribution in [0.5, 0.6) is 0 Å². The molecule has 0 aliphatic rings. The fourth-order valence-electron chi connectivity index (χ4n) is 2.62. The fourth-order valence-corrected chi connectivity index (χ4v) is 2.62. The Bertz CT molecular complexity index is 735. The Hall–Kier alpha value is -2.70. The molecular weight excluding hydrogens is 320 g/mol. The lowest BCUT2D eigenvalue weighted by Gasteiger charge is -2.23. The Morgan fingerprint density at radius 3 is 2.28 bits per heavy atom. The van der Waals surface area contributed by atoms with Crippen LogP contribution in [0.1, 0.15) is 50.8 Å². The second-order valence-electron chi connectivity index (χ2n) is 6.76. The molecule has 1 amide bonds. The third-order valence-electron chi connectivity index (χ3n) is 4.08. The van der Waals surface area contributed by atoms with Crippen LogP contribution in [0.2, 0.25) is 0 Å². The van der Waals surface area contributed by atoms with Crippen LogP contribution in [0.15, 0.2) is 36.7 Å². The highest BCUT2D eigenvalue weighted by Gasteiger charge is 2.19. The lowest BCUT2D eigenvalue weighted by atomic mass is 9.93. The van der Waals surface area contributed by atoms with Crippen molar-refractivity contribution in [1.82, 2.24) is 15.1 Å². The molecule has 0 spiro atoms. The average Bonchev–Trinajstić information content (AvgIpc) is 3.01. The third-order valence-corrected chi connectivity index (χ3v) is 4.08. The summed E-state index contributed by atoms with van der Waals surface area (Å²) < 4.78 is 1.27. The van der Waals surface area contributed by atoms with Crippen molar-refractivity contribution in [1.29, 1.82) is 0 Å². The summed E-state index contributed by atoms with van der Waals surface area (Å²) in [5.41, 5.74) is 2.16. The zero-order chi connectivity index (χ0) is 18.6. The molecule has 25 heavy (non-hydrogen) atoms. The van der Waals surface area contributed by atoms with Crippen molar-refractivity contribution in [2.45, 2.75) is 46.2 Å². The number of nitrogens with one attached hydrogen (secondary N) is 1. The predicted molar refractivity (Wildman–Crippen MR) is 95.1 cm³/mol. The van der Waals surface area contributed by atoms with Gasteiger partial charge in [0.25, 0.3) is 0 Å². The Labute approximate surface area is 147 Å². The van der Waals surface area contributed by atoms with Gasteiger partial charge >= 0.3 is 5.69 Å². The van der Waals surface area contributed by atoms with Crippen LogP contribution in [0, 0.1) is 16.0 Å². The largest absolute Gasteiger partial charge is 0.347 e. The maximum absolute atomic E-state index is 12.3. The van der Waals surface area contributed by atoms with Gasteiger partial charge in [-0.3, -0.25) is 19.6 Å². The summed E-state index contributed by atoms with van der Waals surface area (Å²) in [4.78, 5) is 22.5. The number of hydrogen-bond acceptors (Lipinski definition) is 4. The Morgan fingerprint density at radius 2 is 1.80 bits per heavy atom. The molecule has 0 aliphatic heterocycles. The molecule has 1 atom stereocenters. The molecule has 1 N–H and O–H groups in total. The summed E-state index contributed by atoms with van der Waals surface area (Å²) in [6.07, 6.45) is 2.39. The first kappa shape index (κ1) is 18.6. The van der Waals surface area contributed by atoms with Crippen molar-refractivity contribution in [2.75, 3.05) is 0 Å². The molecule has 1 unspecified atom stereocenters. The van der Waals surface area contributed by atoms with Gasteiger partial charge in [0.2, 0.25) is 5.91 Å². The quantitative estimate of drug-likeness (QED) is 0.615. The average molecular weight is 344 g/mol. The summed E-state index contributed by atoms with van der Waals surface area (Å²) in [5, 5.41) is 17.5. The first-order valence-electron chi connectivity index (χ1n) is 8.34. The highest BCUT2D eigenvalue weighted by molar-refractivity contribution is 5.76. The third kappa shape index (κ3) is 4.89. The van der Waals surface area contributed by atoms with Crippen molar-refractivity contribution in [3.63, 3.8) is 0 Å². The van der Waals surface area contributed by atoms with E-state index in [1.807, 2.05) is 26.0 Å². The summed E-state index contributed by atoms with van der Waals surface area (Å²) in [6, 6.07) is 8.12. The normalized spacial score (nSPS) is 12.4. The SMILES string of the molecule is CC(C)c1ccc(C(NC(=O)Cn2cc([N+](=O)[O-])cn2)C(C)C)cc1. The number of amides is 1. The summed E-state index contributed by atoms with van der Waals surface area (Å²) in [6.45, 7) is 8.31. The van der Waals surface area contributed by atoms with Gasteiger partial charge in [0.05, 0.1) is 11.0 Å². The van der Waals surface area contributed by atoms with Crippen molar-refractivity contribution in [3.05, 3.63) is 57.9 Å². The first-order valence-corrected chi connectivity index (χ1v) is 8.34. The van der Waals surface area contributed by atoms with Gasteiger partial charge in [0, 0.05) is 0 Å². The van der Waals surface area contributed by atoms with Gasteiger partial charge in [-0.1, -0.05) is 52.0 Å². The van der Waals surface area contributed by atoms with E-state index in [0.717, 1.165) is 11.8 Å². The van der Waals surface area contributed by atoms with Crippen molar-refractivity contribution in [2.24, 2.45) is 5.92 Å². The number of aromatic nitrogens is 2. The molecule has 0 saturated heterocycles. The van der Waals surface area contributed by atoms with Crippen LogP contribution in [0.4, 0.5) is 5.69 Å². The molecular formula is C18H24N4O3. The van der Waals surface area contributed by atoms with Crippen LogP contribution in [-0.4, -0.2) is 20.6 Å². The molecule has 0 bridgehead atoms. The van der Waals surface area contributed by atoms with Crippen LogP contribution in [0.25, 0.3) is 0 Å². The lowest BCUT2D eigenvalue weighted by molar-refractivity contribution is -0.385. The molecule has 1 aromatic carbocycles. The molecule has 0 saturated carbocycles. The van der Waals surface area contributed by atoms with E-state index >= 15 is 0 Å². The lowest BCUT2D eigenvalue weighted by Crippen LogP contribution is -2.34. The van der Waals surface area contributed by atoms with Gasteiger partial charge in [0.1, 0.15) is 18.9 Å². The molecule has 1 heterocycles. The monoisotopic (exact) mass is 344 g/mol. The standard InChI is InChI=1S/C18H24N4O3/c1-12(2)14-5-7-15(8-6-14)18(13(3)4)20-17(23)11-21-10-16(9-19-21)22(24)25/h5-10,12-13,18H,11H2,1-4H3,(H,20,23). The van der Waals surface area contributed by atoms with Crippen LogP contribution < -0.4 is 5.32 Å². The van der Waals surface area contributed by atoms with Gasteiger partial charge in [-0.15, -0.1) is 0 Å². The minimum Gasteiger partial charge on any atom is -0.347 e. The number of carbonyl (C=O) groups excluding carboxylic acids is 1. The molecule has 0 aliphatic carbocycles. The van der Waals surface area contributed by atoms with Gasteiger partial charge in [-0.05, 0) is 23.0 Å². The van der Waals surface area contributed by atoms with Crippen LogP contribution in [0.3, 0.4) is 0 Å². The van der Waals surface area contributed by atoms with E-state index in [9.17, 15) is 14.9 Å². The van der Waals surface area contributed by atoms with Crippen molar-refractivity contribution < 1.29 is 9.72 Å². The van der Waals surface area contributed by atoms with Gasteiger partial charge < -0.3 is 5.32 Å². The van der Waals surface area contributed by atoms with E-state index in [-0.39, 0.29) is 30.1 Å². The van der Waals surface area contributed by atoms with Gasteiger partial charge in [-0.2, -0.15) is 5.10 Å². The second kappa shape index (κ2) is 7.92. The predicted octanol–water partition coefficient (Wildman–Crippen LogP) is 3.43. The second-order valence-corrected chi connectivity index (χ2v) is 6.76. The van der Waals surface area contributed by atoms with Crippen molar-refractivity contribution >= 4 is 11.6 Å². The number of hydrogen-bond donors (Lipinski definition) is 1. The van der Waals surface area contributed by atoms with Crippen LogP contribution in [-0.2, 0) is 11.3 Å². The topological polar surface area (TPSA) is 90.1 Å². The Morgan fingerprint density at radius 1 is 1.20 bits per heavy atom. The zero-order valence-electron chi connectivity index (χ0n) is 15.0. The zero-order valence-corrected chi connectivity index (χ0v) is 15.0. The summed E-state index contributed by atoms with van der Waals surface area (Å²) in [5.74, 6) is 0.433. The number of nitro groups is 1. The van der Waals surface area contributed by atoms with Crippen molar-refractivity contribution in [3.8, 4) is 0 Å². The Kier molecular flexibility index (Phi) is 5.90.